The van der Waals surface area contributed by atoms with Crippen LogP contribution in [0.5, 0.6) is 0 Å². The highest BCUT2D eigenvalue weighted by atomic mass is 14.7. The molecule has 0 unspecified atom stereocenters. The summed E-state index contributed by atoms with van der Waals surface area (Å²) in [6.07, 6.45) is 4.11. The molecule has 2 rings (SSSR count). The molecule has 0 spiro atoms. The lowest BCUT2D eigenvalue weighted by Gasteiger charge is -2.19. The monoisotopic (exact) mass is 277 g/mol. The van der Waals surface area contributed by atoms with Gasteiger partial charge >= 0.3 is 0 Å². The summed E-state index contributed by atoms with van der Waals surface area (Å²) in [5, 5.41) is 0. The molecular weight excluding hydrogens is 254 g/mol. The molecule has 0 radical (unpaired) electrons. The molecule has 0 heterocycles. The fourth-order valence-corrected chi connectivity index (χ4v) is 2.24. The molecule has 0 amide bonds. The summed E-state index contributed by atoms with van der Waals surface area (Å²) in [5.74, 6) is 0. The number of benzene rings is 2. The van der Waals surface area contributed by atoms with Crippen LogP contribution in [-0.4, -0.2) is 6.21 Å². The first-order valence-electron chi connectivity index (χ1n) is 7.37. The topological polar surface area (TPSA) is 12.4 Å². The van der Waals surface area contributed by atoms with Gasteiger partial charge in [-0.25, -0.2) is 0 Å². The smallest absolute Gasteiger partial charge is 0.0635 e. The molecule has 0 saturated carbocycles. The van der Waals surface area contributed by atoms with Crippen molar-refractivity contribution in [1.29, 1.82) is 0 Å². The van der Waals surface area contributed by atoms with Crippen LogP contribution in [0.2, 0.25) is 0 Å². The Kier molecular flexibility index (Phi) is 4.74. The predicted octanol–water partition coefficient (Wildman–Crippen LogP) is 6.05. The van der Waals surface area contributed by atoms with Crippen LogP contribution in [0.3, 0.4) is 0 Å². The van der Waals surface area contributed by atoms with E-state index in [0.717, 1.165) is 5.69 Å². The first kappa shape index (κ1) is 15.2. The molecule has 21 heavy (non-hydrogen) atoms. The third-order valence-corrected chi connectivity index (χ3v) is 3.48. The van der Waals surface area contributed by atoms with Gasteiger partial charge in [0.05, 0.1) is 5.69 Å². The van der Waals surface area contributed by atoms with Crippen LogP contribution < -0.4 is 0 Å². The van der Waals surface area contributed by atoms with Crippen LogP contribution in [0.1, 0.15) is 27.7 Å². The van der Waals surface area contributed by atoms with Crippen molar-refractivity contribution in [2.75, 3.05) is 0 Å². The van der Waals surface area contributed by atoms with Crippen molar-refractivity contribution in [3.8, 4) is 11.1 Å². The van der Waals surface area contributed by atoms with Crippen LogP contribution in [0.15, 0.2) is 71.2 Å². The standard InChI is InChI=1S/C20H23N/c1-5-18(20(2,3)4)15-21-19-13-9-12-17(14-19)16-10-7-6-8-11-16/h5-15H,1-4H3/b18-5+,21-15?. The molecule has 2 aromatic carbocycles. The molecule has 1 heteroatoms. The number of rotatable bonds is 3. The zero-order valence-corrected chi connectivity index (χ0v) is 13.3. The van der Waals surface area contributed by atoms with Gasteiger partial charge in [-0.05, 0) is 41.2 Å². The molecule has 1 nitrogen and oxygen atoms in total. The van der Waals surface area contributed by atoms with Crippen molar-refractivity contribution >= 4 is 11.9 Å². The van der Waals surface area contributed by atoms with Gasteiger partial charge in [0.1, 0.15) is 0 Å². The average molecular weight is 277 g/mol. The zero-order valence-electron chi connectivity index (χ0n) is 13.3. The minimum Gasteiger partial charge on any atom is -0.257 e. The van der Waals surface area contributed by atoms with Gasteiger partial charge in [0, 0.05) is 6.21 Å². The fraction of sp³-hybridized carbons (Fsp3) is 0.250. The summed E-state index contributed by atoms with van der Waals surface area (Å²) in [5.41, 5.74) is 4.77. The van der Waals surface area contributed by atoms with Crippen molar-refractivity contribution in [2.45, 2.75) is 27.7 Å². The van der Waals surface area contributed by atoms with Gasteiger partial charge in [0.15, 0.2) is 0 Å². The summed E-state index contributed by atoms with van der Waals surface area (Å²) in [6, 6.07) is 18.7. The van der Waals surface area contributed by atoms with E-state index in [9.17, 15) is 0 Å². The highest BCUT2D eigenvalue weighted by molar-refractivity contribution is 5.83. The molecule has 0 aliphatic heterocycles. The Morgan fingerprint density at radius 3 is 2.19 bits per heavy atom. The number of aliphatic imine (C=N–C) groups is 1. The third-order valence-electron chi connectivity index (χ3n) is 3.48. The van der Waals surface area contributed by atoms with E-state index in [1.807, 2.05) is 18.3 Å². The quantitative estimate of drug-likeness (QED) is 0.606. The van der Waals surface area contributed by atoms with Gasteiger partial charge in [-0.2, -0.15) is 0 Å². The Labute approximate surface area is 128 Å². The van der Waals surface area contributed by atoms with E-state index in [1.165, 1.54) is 16.7 Å². The lowest BCUT2D eigenvalue weighted by molar-refractivity contribution is 0.526. The maximum Gasteiger partial charge on any atom is 0.0635 e. The molecule has 0 atom stereocenters. The van der Waals surface area contributed by atoms with E-state index in [0.29, 0.717) is 0 Å². The van der Waals surface area contributed by atoms with E-state index in [4.69, 9.17) is 0 Å². The third kappa shape index (κ3) is 4.16. The van der Waals surface area contributed by atoms with Gasteiger partial charge in [0.2, 0.25) is 0 Å². The second kappa shape index (κ2) is 6.53. The molecule has 0 N–H and O–H groups in total. The summed E-state index contributed by atoms with van der Waals surface area (Å²) < 4.78 is 0. The predicted molar refractivity (Wildman–Crippen MR) is 93.2 cm³/mol. The largest absolute Gasteiger partial charge is 0.257 e. The number of allylic oxidation sites excluding steroid dienone is 2. The van der Waals surface area contributed by atoms with E-state index < -0.39 is 0 Å². The van der Waals surface area contributed by atoms with Crippen molar-refractivity contribution in [3.63, 3.8) is 0 Å². The summed E-state index contributed by atoms with van der Waals surface area (Å²) >= 11 is 0. The fourth-order valence-electron chi connectivity index (χ4n) is 2.24. The molecule has 108 valence electrons. The molecule has 2 aromatic rings. The van der Waals surface area contributed by atoms with Crippen LogP contribution >= 0.6 is 0 Å². The Hall–Kier alpha value is -2.15. The molecule has 0 saturated heterocycles. The lowest BCUT2D eigenvalue weighted by Crippen LogP contribution is -2.10. The van der Waals surface area contributed by atoms with Crippen molar-refractivity contribution < 1.29 is 0 Å². The van der Waals surface area contributed by atoms with Crippen molar-refractivity contribution in [1.82, 2.24) is 0 Å². The Morgan fingerprint density at radius 1 is 0.905 bits per heavy atom. The van der Waals surface area contributed by atoms with Gasteiger partial charge in [-0.15, -0.1) is 0 Å². The second-order valence-corrected chi connectivity index (χ2v) is 6.17. The van der Waals surface area contributed by atoms with E-state index in [2.05, 4.69) is 81.2 Å². The maximum atomic E-state index is 4.64. The highest BCUT2D eigenvalue weighted by Gasteiger charge is 2.13. The summed E-state index contributed by atoms with van der Waals surface area (Å²) in [4.78, 5) is 4.64. The molecule has 0 fully saturated rings. The Balaban J connectivity index is 2.27. The molecule has 0 bridgehead atoms. The Bertz CT molecular complexity index is 643. The molecule has 0 aromatic heterocycles. The van der Waals surface area contributed by atoms with Gasteiger partial charge in [-0.1, -0.05) is 69.3 Å². The lowest BCUT2D eigenvalue weighted by atomic mass is 9.87. The number of hydrogen-bond donors (Lipinski definition) is 0. The maximum absolute atomic E-state index is 4.64. The van der Waals surface area contributed by atoms with Crippen LogP contribution in [0.25, 0.3) is 11.1 Å². The zero-order chi connectivity index (χ0) is 15.3. The number of nitrogens with zero attached hydrogens (tertiary/aromatic N) is 1. The summed E-state index contributed by atoms with van der Waals surface area (Å²) in [6.45, 7) is 8.67. The minimum absolute atomic E-state index is 0.120. The average Bonchev–Trinajstić information content (AvgIpc) is 2.48. The van der Waals surface area contributed by atoms with Gasteiger partial charge < -0.3 is 0 Å². The van der Waals surface area contributed by atoms with Crippen LogP contribution in [-0.2, 0) is 0 Å². The van der Waals surface area contributed by atoms with Crippen molar-refractivity contribution in [2.24, 2.45) is 10.4 Å². The van der Waals surface area contributed by atoms with Gasteiger partial charge in [-0.3, -0.25) is 4.99 Å². The summed E-state index contributed by atoms with van der Waals surface area (Å²) in [7, 11) is 0. The molecular formula is C20H23N. The molecule has 0 aliphatic carbocycles. The van der Waals surface area contributed by atoms with E-state index >= 15 is 0 Å². The minimum atomic E-state index is 0.120. The van der Waals surface area contributed by atoms with Crippen molar-refractivity contribution in [3.05, 3.63) is 66.2 Å². The van der Waals surface area contributed by atoms with E-state index in [1.54, 1.807) is 0 Å². The normalized spacial score (nSPS) is 12.9. The second-order valence-electron chi connectivity index (χ2n) is 6.17. The first-order chi connectivity index (χ1) is 10.0. The van der Waals surface area contributed by atoms with Crippen LogP contribution in [0, 0.1) is 5.41 Å². The van der Waals surface area contributed by atoms with Gasteiger partial charge in [0.25, 0.3) is 0 Å². The first-order valence-corrected chi connectivity index (χ1v) is 7.37. The van der Waals surface area contributed by atoms with E-state index in [-0.39, 0.29) is 5.41 Å². The Morgan fingerprint density at radius 2 is 1.57 bits per heavy atom. The van der Waals surface area contributed by atoms with Crippen LogP contribution in [0.4, 0.5) is 5.69 Å². The highest BCUT2D eigenvalue weighted by Crippen LogP contribution is 2.26. The SMILES string of the molecule is C/C=C(\C=Nc1cccc(-c2ccccc2)c1)C(C)(C)C. The number of hydrogen-bond acceptors (Lipinski definition) is 1. The molecule has 0 aliphatic rings.